The van der Waals surface area contributed by atoms with E-state index in [-0.39, 0.29) is 17.7 Å². The first-order chi connectivity index (χ1) is 12.3. The van der Waals surface area contributed by atoms with Crippen LogP contribution in [-0.4, -0.2) is 31.8 Å². The van der Waals surface area contributed by atoms with E-state index in [1.807, 2.05) is 13.8 Å². The van der Waals surface area contributed by atoms with Gasteiger partial charge in [-0.1, -0.05) is 6.92 Å². The largest absolute Gasteiger partial charge is 0.435 e. The van der Waals surface area contributed by atoms with E-state index in [2.05, 4.69) is 20.0 Å². The molecule has 0 radical (unpaired) electrons. The third-order valence-corrected chi connectivity index (χ3v) is 4.64. The Morgan fingerprint density at radius 1 is 1.46 bits per heavy atom. The zero-order valence-corrected chi connectivity index (χ0v) is 14.8. The van der Waals surface area contributed by atoms with Gasteiger partial charge in [0.2, 0.25) is 5.91 Å². The summed E-state index contributed by atoms with van der Waals surface area (Å²) in [5, 5.41) is 6.44. The first-order valence-corrected chi connectivity index (χ1v) is 8.66. The van der Waals surface area contributed by atoms with Crippen molar-refractivity contribution in [3.05, 3.63) is 35.7 Å². The maximum atomic E-state index is 12.6. The Labute approximate surface area is 149 Å². The summed E-state index contributed by atoms with van der Waals surface area (Å²) in [6.45, 7) is 5.38. The molecule has 26 heavy (non-hydrogen) atoms. The molecule has 142 valence electrons. The summed E-state index contributed by atoms with van der Waals surface area (Å²) in [7, 11) is 0. The van der Waals surface area contributed by atoms with Crippen LogP contribution < -0.4 is 5.32 Å². The van der Waals surface area contributed by atoms with Gasteiger partial charge in [-0.15, -0.1) is 0 Å². The second-order valence-corrected chi connectivity index (χ2v) is 6.88. The molecule has 0 aromatic carbocycles. The SMILES string of the molecule is Cc1cnc2n1CCCC2C(=O)NCC(C)Cn1ccc(C(F)(F)F)n1. The number of hydrogen-bond acceptors (Lipinski definition) is 3. The van der Waals surface area contributed by atoms with Crippen LogP contribution in [-0.2, 0) is 24.1 Å². The summed E-state index contributed by atoms with van der Waals surface area (Å²) in [6, 6.07) is 0.954. The number of alkyl halides is 3. The second-order valence-electron chi connectivity index (χ2n) is 6.88. The average molecular weight is 369 g/mol. The smallest absolute Gasteiger partial charge is 0.355 e. The van der Waals surface area contributed by atoms with Crippen molar-refractivity contribution in [2.24, 2.45) is 5.92 Å². The van der Waals surface area contributed by atoms with E-state index < -0.39 is 11.9 Å². The average Bonchev–Trinajstić information content (AvgIpc) is 3.19. The number of halogens is 3. The fourth-order valence-electron chi connectivity index (χ4n) is 3.28. The monoisotopic (exact) mass is 369 g/mol. The van der Waals surface area contributed by atoms with Gasteiger partial charge in [-0.25, -0.2) is 4.98 Å². The Bertz CT molecular complexity index is 780. The lowest BCUT2D eigenvalue weighted by atomic mass is 9.97. The van der Waals surface area contributed by atoms with E-state index in [1.165, 1.54) is 10.9 Å². The Kier molecular flexibility index (Phi) is 5.06. The first kappa shape index (κ1) is 18.5. The quantitative estimate of drug-likeness (QED) is 0.881. The molecule has 9 heteroatoms. The summed E-state index contributed by atoms with van der Waals surface area (Å²) in [5.41, 5.74) is 0.142. The molecule has 0 spiro atoms. The van der Waals surface area contributed by atoms with Crippen molar-refractivity contribution in [3.63, 3.8) is 0 Å². The molecule has 2 aromatic rings. The van der Waals surface area contributed by atoms with Crippen LogP contribution in [0.1, 0.15) is 42.9 Å². The highest BCUT2D eigenvalue weighted by molar-refractivity contribution is 5.82. The van der Waals surface area contributed by atoms with E-state index >= 15 is 0 Å². The van der Waals surface area contributed by atoms with Gasteiger partial charge in [0, 0.05) is 37.7 Å². The molecular formula is C17H22F3N5O. The van der Waals surface area contributed by atoms with Crippen molar-refractivity contribution in [1.82, 2.24) is 24.6 Å². The van der Waals surface area contributed by atoms with Gasteiger partial charge in [0.25, 0.3) is 0 Å². The minimum atomic E-state index is -4.44. The Balaban J connectivity index is 1.54. The number of imidazole rings is 1. The Morgan fingerprint density at radius 3 is 2.92 bits per heavy atom. The van der Waals surface area contributed by atoms with Gasteiger partial charge >= 0.3 is 6.18 Å². The van der Waals surface area contributed by atoms with Gasteiger partial charge in [-0.3, -0.25) is 9.48 Å². The molecule has 3 rings (SSSR count). The number of nitrogens with one attached hydrogen (secondary N) is 1. The van der Waals surface area contributed by atoms with Crippen molar-refractivity contribution in [2.45, 2.75) is 51.9 Å². The van der Waals surface area contributed by atoms with Gasteiger partial charge in [0.1, 0.15) is 5.82 Å². The summed E-state index contributed by atoms with van der Waals surface area (Å²) in [5.74, 6) is 0.386. The Hall–Kier alpha value is -2.32. The van der Waals surface area contributed by atoms with Crippen LogP contribution in [0.3, 0.4) is 0 Å². The van der Waals surface area contributed by atoms with E-state index in [4.69, 9.17) is 0 Å². The predicted molar refractivity (Wildman–Crippen MR) is 88.3 cm³/mol. The molecule has 1 aliphatic rings. The number of carbonyl (C=O) groups is 1. The molecule has 0 saturated carbocycles. The number of rotatable bonds is 5. The number of aryl methyl sites for hydroxylation is 1. The third kappa shape index (κ3) is 3.91. The van der Waals surface area contributed by atoms with E-state index in [1.54, 1.807) is 6.20 Å². The fourth-order valence-corrected chi connectivity index (χ4v) is 3.28. The van der Waals surface area contributed by atoms with Crippen LogP contribution in [0.2, 0.25) is 0 Å². The molecule has 0 aliphatic carbocycles. The molecule has 3 heterocycles. The van der Waals surface area contributed by atoms with Crippen molar-refractivity contribution in [2.75, 3.05) is 6.54 Å². The van der Waals surface area contributed by atoms with E-state index in [0.29, 0.717) is 13.1 Å². The van der Waals surface area contributed by atoms with Crippen LogP contribution in [0.25, 0.3) is 0 Å². The van der Waals surface area contributed by atoms with Crippen molar-refractivity contribution in [1.29, 1.82) is 0 Å². The zero-order valence-electron chi connectivity index (χ0n) is 14.8. The highest BCUT2D eigenvalue weighted by Gasteiger charge is 2.33. The number of carbonyl (C=O) groups excluding carboxylic acids is 1. The fraction of sp³-hybridized carbons (Fsp3) is 0.588. The number of fused-ring (bicyclic) bond motifs is 1. The van der Waals surface area contributed by atoms with Gasteiger partial charge in [0.05, 0.1) is 5.92 Å². The van der Waals surface area contributed by atoms with Gasteiger partial charge in [-0.2, -0.15) is 18.3 Å². The predicted octanol–water partition coefficient (Wildman–Crippen LogP) is 2.74. The zero-order chi connectivity index (χ0) is 18.9. The number of aromatic nitrogens is 4. The molecule has 0 fully saturated rings. The van der Waals surface area contributed by atoms with Crippen LogP contribution in [0, 0.1) is 12.8 Å². The maximum absolute atomic E-state index is 12.6. The molecule has 2 unspecified atom stereocenters. The van der Waals surface area contributed by atoms with E-state index in [9.17, 15) is 18.0 Å². The topological polar surface area (TPSA) is 64.7 Å². The summed E-state index contributed by atoms with van der Waals surface area (Å²) < 4.78 is 41.1. The number of amides is 1. The molecule has 1 amide bonds. The molecule has 0 bridgehead atoms. The molecule has 2 aromatic heterocycles. The lowest BCUT2D eigenvalue weighted by molar-refractivity contribution is -0.141. The van der Waals surface area contributed by atoms with Crippen molar-refractivity contribution < 1.29 is 18.0 Å². The van der Waals surface area contributed by atoms with Crippen molar-refractivity contribution in [3.8, 4) is 0 Å². The van der Waals surface area contributed by atoms with Gasteiger partial charge in [0.15, 0.2) is 5.69 Å². The third-order valence-electron chi connectivity index (χ3n) is 4.64. The van der Waals surface area contributed by atoms with Gasteiger partial charge in [-0.05, 0) is 31.7 Å². The van der Waals surface area contributed by atoms with Crippen LogP contribution >= 0.6 is 0 Å². The maximum Gasteiger partial charge on any atom is 0.435 e. The van der Waals surface area contributed by atoms with Crippen LogP contribution in [0.5, 0.6) is 0 Å². The van der Waals surface area contributed by atoms with Crippen molar-refractivity contribution >= 4 is 5.91 Å². The molecule has 6 nitrogen and oxygen atoms in total. The molecule has 1 aliphatic heterocycles. The summed E-state index contributed by atoms with van der Waals surface area (Å²) in [6.07, 6.45) is 0.321. The van der Waals surface area contributed by atoms with Crippen LogP contribution in [0.15, 0.2) is 18.5 Å². The number of nitrogens with zero attached hydrogens (tertiary/aromatic N) is 4. The summed E-state index contributed by atoms with van der Waals surface area (Å²) >= 11 is 0. The highest BCUT2D eigenvalue weighted by atomic mass is 19.4. The number of hydrogen-bond donors (Lipinski definition) is 1. The van der Waals surface area contributed by atoms with Crippen LogP contribution in [0.4, 0.5) is 13.2 Å². The highest BCUT2D eigenvalue weighted by Crippen LogP contribution is 2.28. The summed E-state index contributed by atoms with van der Waals surface area (Å²) in [4.78, 5) is 16.9. The minimum absolute atomic E-state index is 0.0509. The minimum Gasteiger partial charge on any atom is -0.355 e. The second kappa shape index (κ2) is 7.13. The lowest BCUT2D eigenvalue weighted by Crippen LogP contribution is -2.36. The molecule has 0 saturated heterocycles. The molecule has 1 N–H and O–H groups in total. The Morgan fingerprint density at radius 2 is 2.23 bits per heavy atom. The van der Waals surface area contributed by atoms with E-state index in [0.717, 1.165) is 37.0 Å². The first-order valence-electron chi connectivity index (χ1n) is 8.66. The van der Waals surface area contributed by atoms with Gasteiger partial charge < -0.3 is 9.88 Å². The normalized spacial score (nSPS) is 18.4. The molecular weight excluding hydrogens is 347 g/mol. The lowest BCUT2D eigenvalue weighted by Gasteiger charge is -2.24. The standard InChI is InChI=1S/C17H22F3N5O/c1-11(10-24-7-5-14(23-24)17(18,19)20)8-22-16(26)13-4-3-6-25-12(2)9-21-15(13)25/h5,7,9,11,13H,3-4,6,8,10H2,1-2H3,(H,22,26). The molecule has 2 atom stereocenters.